The number of para-hydroxylation sites is 4. The Morgan fingerprint density at radius 2 is 0.963 bits per heavy atom. The van der Waals surface area contributed by atoms with Crippen LogP contribution in [0, 0.1) is 0 Å². The minimum Gasteiger partial charge on any atom is -0.310 e. The average Bonchev–Trinajstić information content (AvgIpc) is 3.95. The van der Waals surface area contributed by atoms with Crippen LogP contribution in [0.5, 0.6) is 0 Å². The molecule has 54 heavy (non-hydrogen) atoms. The van der Waals surface area contributed by atoms with Crippen molar-refractivity contribution in [1.82, 2.24) is 4.57 Å². The summed E-state index contributed by atoms with van der Waals surface area (Å²) < 4.78 is 3.80. The highest BCUT2D eigenvalue weighted by atomic mass is 32.1. The molecule has 0 bridgehead atoms. The maximum Gasteiger partial charge on any atom is 0.0741 e. The van der Waals surface area contributed by atoms with Crippen LogP contribution in [0.1, 0.15) is 22.3 Å². The van der Waals surface area contributed by atoms with E-state index >= 15 is 0 Å². The van der Waals surface area contributed by atoms with Gasteiger partial charge in [0.05, 0.1) is 16.4 Å². The molecule has 1 unspecified atom stereocenters. The molecular weight excluding hydrogens is 673 g/mol. The predicted octanol–water partition coefficient (Wildman–Crippen LogP) is 13.8. The molecule has 0 saturated carbocycles. The van der Waals surface area contributed by atoms with Gasteiger partial charge in [0, 0.05) is 43.1 Å². The summed E-state index contributed by atoms with van der Waals surface area (Å²) >= 11 is 1.93. The minimum absolute atomic E-state index is 0.514. The van der Waals surface area contributed by atoms with E-state index < -0.39 is 5.41 Å². The molecule has 2 aliphatic rings. The third-order valence-electron chi connectivity index (χ3n) is 11.8. The number of hydrogen-bond donors (Lipinski definition) is 0. The third kappa shape index (κ3) is 3.89. The minimum atomic E-state index is -0.514. The van der Waals surface area contributed by atoms with Gasteiger partial charge in [-0.25, -0.2) is 0 Å². The Bertz CT molecular complexity index is 3020. The van der Waals surface area contributed by atoms with Gasteiger partial charge in [0.2, 0.25) is 0 Å². The highest BCUT2D eigenvalue weighted by molar-refractivity contribution is 7.22. The normalized spacial score (nSPS) is 15.1. The third-order valence-corrected chi connectivity index (χ3v) is 13.0. The first-order chi connectivity index (χ1) is 26.8. The fourth-order valence-corrected chi connectivity index (χ4v) is 11.0. The van der Waals surface area contributed by atoms with E-state index in [4.69, 9.17) is 0 Å². The molecule has 0 saturated heterocycles. The second-order valence-corrected chi connectivity index (χ2v) is 15.5. The molecule has 10 aromatic rings. The summed E-state index contributed by atoms with van der Waals surface area (Å²) in [5.41, 5.74) is 15.9. The number of aromatic nitrogens is 1. The summed E-state index contributed by atoms with van der Waals surface area (Å²) in [6.07, 6.45) is 0. The van der Waals surface area contributed by atoms with Crippen molar-refractivity contribution in [2.45, 2.75) is 5.41 Å². The summed E-state index contributed by atoms with van der Waals surface area (Å²) in [6, 6.07) is 71.8. The molecule has 0 amide bonds. The maximum atomic E-state index is 2.51. The summed E-state index contributed by atoms with van der Waals surface area (Å²) in [7, 11) is 0. The van der Waals surface area contributed by atoms with E-state index in [1.54, 1.807) is 0 Å². The van der Waals surface area contributed by atoms with E-state index in [1.165, 1.54) is 81.4 Å². The van der Waals surface area contributed by atoms with Crippen molar-refractivity contribution in [1.29, 1.82) is 0 Å². The van der Waals surface area contributed by atoms with Crippen molar-refractivity contribution < 1.29 is 0 Å². The predicted molar refractivity (Wildman–Crippen MR) is 227 cm³/mol. The van der Waals surface area contributed by atoms with Crippen LogP contribution in [0.2, 0.25) is 0 Å². The highest BCUT2D eigenvalue weighted by Crippen LogP contribution is 2.66. The zero-order chi connectivity index (χ0) is 35.4. The molecule has 0 N–H and O–H groups in total. The Morgan fingerprint density at radius 3 is 1.69 bits per heavy atom. The van der Waals surface area contributed by atoms with Gasteiger partial charge in [-0.15, -0.1) is 11.3 Å². The SMILES string of the molecule is c1ccc(N(c2ccccc2)c2ccc3c(c2)C2(c4ccccc4-c4ccc(-n5c6ccccc6c6ccccc65)cc42)c2c-3sc3ccccc23)cc1. The quantitative estimate of drug-likeness (QED) is 0.177. The molecule has 0 fully saturated rings. The fraction of sp³-hybridized carbons (Fsp3) is 0.0196. The lowest BCUT2D eigenvalue weighted by Gasteiger charge is -2.32. The van der Waals surface area contributed by atoms with Gasteiger partial charge in [-0.3, -0.25) is 0 Å². The number of fused-ring (bicyclic) bond motifs is 15. The Kier molecular flexibility index (Phi) is 6.17. The van der Waals surface area contributed by atoms with Gasteiger partial charge in [0.1, 0.15) is 0 Å². The summed E-state index contributed by atoms with van der Waals surface area (Å²) in [6.45, 7) is 0. The molecular formula is C51H32N2S. The van der Waals surface area contributed by atoms with Crippen molar-refractivity contribution in [3.05, 3.63) is 216 Å². The van der Waals surface area contributed by atoms with Crippen molar-refractivity contribution in [3.63, 3.8) is 0 Å². The van der Waals surface area contributed by atoms with E-state index in [-0.39, 0.29) is 0 Å². The van der Waals surface area contributed by atoms with Crippen molar-refractivity contribution in [3.8, 4) is 27.3 Å². The summed E-state index contributed by atoms with van der Waals surface area (Å²) in [5, 5.41) is 3.88. The van der Waals surface area contributed by atoms with Crippen LogP contribution < -0.4 is 4.90 Å². The van der Waals surface area contributed by atoms with Crippen LogP contribution >= 0.6 is 11.3 Å². The van der Waals surface area contributed by atoms with Crippen LogP contribution in [-0.4, -0.2) is 4.57 Å². The number of anilines is 3. The highest BCUT2D eigenvalue weighted by Gasteiger charge is 2.53. The van der Waals surface area contributed by atoms with Crippen LogP contribution in [0.15, 0.2) is 194 Å². The van der Waals surface area contributed by atoms with E-state index in [2.05, 4.69) is 204 Å². The Balaban J connectivity index is 1.20. The molecule has 2 aromatic heterocycles. The van der Waals surface area contributed by atoms with E-state index in [1.807, 2.05) is 11.3 Å². The molecule has 1 atom stereocenters. The standard InChI is InChI=1S/C51H32N2S/c1-3-15-33(16-4-1)52(34-17-5-2-6-18-34)35-28-30-41-45(31-35)51(49-42-22-10-14-26-48(42)54-50(41)49)43-23-11-7-19-37(43)38-29-27-36(32-44(38)51)53-46-24-12-8-20-39(46)40-21-9-13-25-47(40)53/h1-32H. The second kappa shape index (κ2) is 11.2. The van der Waals surface area contributed by atoms with Gasteiger partial charge < -0.3 is 9.47 Å². The lowest BCUT2D eigenvalue weighted by molar-refractivity contribution is 0.801. The molecule has 12 rings (SSSR count). The summed E-state index contributed by atoms with van der Waals surface area (Å²) in [5.74, 6) is 0. The van der Waals surface area contributed by atoms with Crippen molar-refractivity contribution in [2.24, 2.45) is 0 Å². The van der Waals surface area contributed by atoms with Crippen LogP contribution in [0.4, 0.5) is 17.1 Å². The molecule has 1 spiro atoms. The lowest BCUT2D eigenvalue weighted by Crippen LogP contribution is -2.26. The summed E-state index contributed by atoms with van der Waals surface area (Å²) in [4.78, 5) is 3.77. The smallest absolute Gasteiger partial charge is 0.0741 e. The Labute approximate surface area is 317 Å². The first kappa shape index (κ1) is 29.9. The van der Waals surface area contributed by atoms with E-state index in [9.17, 15) is 0 Å². The van der Waals surface area contributed by atoms with Crippen LogP contribution in [0.3, 0.4) is 0 Å². The van der Waals surface area contributed by atoms with Gasteiger partial charge in [-0.05, 0) is 111 Å². The number of hydrogen-bond acceptors (Lipinski definition) is 2. The molecule has 252 valence electrons. The van der Waals surface area contributed by atoms with Gasteiger partial charge in [-0.2, -0.15) is 0 Å². The molecule has 0 aliphatic heterocycles. The van der Waals surface area contributed by atoms with E-state index in [0.29, 0.717) is 0 Å². The zero-order valence-corrected chi connectivity index (χ0v) is 30.1. The largest absolute Gasteiger partial charge is 0.310 e. The number of rotatable bonds is 4. The maximum absolute atomic E-state index is 2.51. The fourth-order valence-electron chi connectivity index (χ4n) is 9.69. The van der Waals surface area contributed by atoms with Crippen LogP contribution in [0.25, 0.3) is 59.1 Å². The van der Waals surface area contributed by atoms with Gasteiger partial charge in [-0.1, -0.05) is 127 Å². The number of benzene rings is 8. The van der Waals surface area contributed by atoms with E-state index in [0.717, 1.165) is 17.1 Å². The molecule has 0 radical (unpaired) electrons. The number of thiophene rings is 1. The monoisotopic (exact) mass is 704 g/mol. The van der Waals surface area contributed by atoms with Crippen LogP contribution in [-0.2, 0) is 5.41 Å². The molecule has 8 aromatic carbocycles. The average molecular weight is 705 g/mol. The van der Waals surface area contributed by atoms with Crippen molar-refractivity contribution in [2.75, 3.05) is 4.90 Å². The number of nitrogens with zero attached hydrogens (tertiary/aromatic N) is 2. The first-order valence-corrected chi connectivity index (χ1v) is 19.4. The topological polar surface area (TPSA) is 8.17 Å². The zero-order valence-electron chi connectivity index (χ0n) is 29.3. The molecule has 2 aliphatic carbocycles. The molecule has 3 heteroatoms. The lowest BCUT2D eigenvalue weighted by atomic mass is 9.70. The Morgan fingerprint density at radius 1 is 0.407 bits per heavy atom. The van der Waals surface area contributed by atoms with Gasteiger partial charge >= 0.3 is 0 Å². The molecule has 2 heterocycles. The van der Waals surface area contributed by atoms with Gasteiger partial charge in [0.25, 0.3) is 0 Å². The second-order valence-electron chi connectivity index (χ2n) is 14.4. The Hall–Kier alpha value is -6.68. The van der Waals surface area contributed by atoms with Gasteiger partial charge in [0.15, 0.2) is 0 Å². The molecule has 2 nitrogen and oxygen atoms in total. The first-order valence-electron chi connectivity index (χ1n) is 18.6. The van der Waals surface area contributed by atoms with Crippen molar-refractivity contribution >= 4 is 60.3 Å².